The Balaban J connectivity index is 1.49. The van der Waals surface area contributed by atoms with Crippen LogP contribution in [0, 0.1) is 0 Å². The zero-order valence-electron chi connectivity index (χ0n) is 16.2. The van der Waals surface area contributed by atoms with Gasteiger partial charge in [-0.1, -0.05) is 43.0 Å². The minimum Gasteiger partial charge on any atom is -0.356 e. The summed E-state index contributed by atoms with van der Waals surface area (Å²) in [6.07, 6.45) is 2.22. The van der Waals surface area contributed by atoms with Gasteiger partial charge in [0.2, 0.25) is 11.8 Å². The van der Waals surface area contributed by atoms with Crippen molar-refractivity contribution in [2.24, 2.45) is 0 Å². The molecular formula is C22H27N3O2S. The lowest BCUT2D eigenvalue weighted by molar-refractivity contribution is -0.126. The molecular weight excluding hydrogens is 370 g/mol. The van der Waals surface area contributed by atoms with Crippen LogP contribution in [0.25, 0.3) is 0 Å². The smallest absolute Gasteiger partial charge is 0.220 e. The highest BCUT2D eigenvalue weighted by Crippen LogP contribution is 2.47. The molecule has 5 nitrogen and oxygen atoms in total. The molecule has 6 heteroatoms. The highest BCUT2D eigenvalue weighted by atomic mass is 32.2. The number of benzene rings is 2. The van der Waals surface area contributed by atoms with Gasteiger partial charge in [-0.15, -0.1) is 0 Å². The number of hydrogen-bond donors (Lipinski definition) is 2. The molecule has 2 aromatic rings. The number of hydrogen-bond acceptors (Lipinski definition) is 4. The molecule has 0 unspecified atom stereocenters. The van der Waals surface area contributed by atoms with Gasteiger partial charge in [0.05, 0.1) is 11.4 Å². The molecule has 0 saturated carbocycles. The van der Waals surface area contributed by atoms with Gasteiger partial charge in [0, 0.05) is 42.3 Å². The van der Waals surface area contributed by atoms with E-state index in [4.69, 9.17) is 0 Å². The lowest BCUT2D eigenvalue weighted by Crippen LogP contribution is -2.30. The van der Waals surface area contributed by atoms with Crippen molar-refractivity contribution >= 4 is 35.0 Å². The summed E-state index contributed by atoms with van der Waals surface area (Å²) in [5.41, 5.74) is 2.43. The van der Waals surface area contributed by atoms with Crippen LogP contribution in [0.1, 0.15) is 32.6 Å². The first-order valence-corrected chi connectivity index (χ1v) is 10.7. The minimum absolute atomic E-state index is 0.0592. The molecule has 148 valence electrons. The Labute approximate surface area is 170 Å². The van der Waals surface area contributed by atoms with Crippen LogP contribution >= 0.6 is 11.8 Å². The molecule has 1 aliphatic rings. The number of carbonyl (C=O) groups is 2. The van der Waals surface area contributed by atoms with Crippen LogP contribution in [-0.4, -0.2) is 31.4 Å². The summed E-state index contributed by atoms with van der Waals surface area (Å²) in [7, 11) is 0. The summed E-state index contributed by atoms with van der Waals surface area (Å²) in [6, 6.07) is 16.8. The number of para-hydroxylation sites is 2. The number of nitrogens with one attached hydrogen (secondary N) is 2. The highest BCUT2D eigenvalue weighted by Gasteiger charge is 2.22. The average Bonchev–Trinajstić information content (AvgIpc) is 2.73. The maximum atomic E-state index is 12.0. The molecule has 1 aliphatic heterocycles. The van der Waals surface area contributed by atoms with Gasteiger partial charge in [-0.3, -0.25) is 9.59 Å². The molecule has 0 aromatic heterocycles. The highest BCUT2D eigenvalue weighted by molar-refractivity contribution is 7.99. The maximum absolute atomic E-state index is 12.0. The zero-order chi connectivity index (χ0) is 19.8. The normalized spacial score (nSPS) is 12.1. The van der Waals surface area contributed by atoms with Gasteiger partial charge in [-0.2, -0.15) is 0 Å². The Bertz CT molecular complexity index is 779. The summed E-state index contributed by atoms with van der Waals surface area (Å²) in [6.45, 7) is 4.09. The number of nitrogens with zero attached hydrogens (tertiary/aromatic N) is 1. The van der Waals surface area contributed by atoms with E-state index in [1.165, 1.54) is 21.2 Å². The van der Waals surface area contributed by atoms with E-state index in [0.29, 0.717) is 13.1 Å². The molecule has 0 radical (unpaired) electrons. The first kappa shape index (κ1) is 20.3. The Morgan fingerprint density at radius 2 is 1.39 bits per heavy atom. The molecule has 0 aliphatic carbocycles. The summed E-state index contributed by atoms with van der Waals surface area (Å²) in [5, 5.41) is 5.72. The largest absolute Gasteiger partial charge is 0.356 e. The lowest BCUT2D eigenvalue weighted by atomic mass is 10.2. The third-order valence-electron chi connectivity index (χ3n) is 4.56. The Morgan fingerprint density at radius 3 is 1.96 bits per heavy atom. The van der Waals surface area contributed by atoms with E-state index in [-0.39, 0.29) is 24.7 Å². The fourth-order valence-corrected chi connectivity index (χ4v) is 4.25. The predicted molar refractivity (Wildman–Crippen MR) is 114 cm³/mol. The molecule has 0 spiro atoms. The van der Waals surface area contributed by atoms with E-state index < -0.39 is 0 Å². The van der Waals surface area contributed by atoms with Gasteiger partial charge < -0.3 is 15.5 Å². The topological polar surface area (TPSA) is 61.4 Å². The zero-order valence-corrected chi connectivity index (χ0v) is 17.1. The number of carbonyl (C=O) groups excluding carboxylic acids is 2. The number of rotatable bonds is 9. The van der Waals surface area contributed by atoms with Crippen molar-refractivity contribution in [2.45, 2.75) is 42.4 Å². The maximum Gasteiger partial charge on any atom is 0.220 e. The monoisotopic (exact) mass is 397 g/mol. The molecule has 0 fully saturated rings. The van der Waals surface area contributed by atoms with Crippen molar-refractivity contribution in [3.8, 4) is 0 Å². The molecule has 0 saturated heterocycles. The quantitative estimate of drug-likeness (QED) is 0.626. The number of amides is 2. The molecule has 3 rings (SSSR count). The molecule has 28 heavy (non-hydrogen) atoms. The standard InChI is InChI=1S/C22H27N3O2S/c1-2-14-23-21(26)12-13-22(27)24-15-7-16-25-17-8-3-5-10-19(17)28-20-11-6-4-9-18(20)25/h3-6,8-11H,2,7,12-16H2,1H3,(H,23,26)(H,24,27). The van der Waals surface area contributed by atoms with E-state index in [2.05, 4.69) is 64.1 Å². The van der Waals surface area contributed by atoms with Crippen molar-refractivity contribution < 1.29 is 9.59 Å². The molecule has 2 aromatic carbocycles. The van der Waals surface area contributed by atoms with Crippen LogP contribution in [0.15, 0.2) is 58.3 Å². The Morgan fingerprint density at radius 1 is 0.857 bits per heavy atom. The summed E-state index contributed by atoms with van der Waals surface area (Å²) < 4.78 is 0. The molecule has 2 N–H and O–H groups in total. The van der Waals surface area contributed by atoms with Crippen molar-refractivity contribution in [3.63, 3.8) is 0 Å². The SMILES string of the molecule is CCCNC(=O)CCC(=O)NCCCN1c2ccccc2Sc2ccccc21. The van der Waals surface area contributed by atoms with Crippen molar-refractivity contribution in [2.75, 3.05) is 24.5 Å². The van der Waals surface area contributed by atoms with Crippen LogP contribution in [0.4, 0.5) is 11.4 Å². The van der Waals surface area contributed by atoms with Crippen molar-refractivity contribution in [1.29, 1.82) is 0 Å². The molecule has 1 heterocycles. The van der Waals surface area contributed by atoms with Gasteiger partial charge in [-0.25, -0.2) is 0 Å². The van der Waals surface area contributed by atoms with Gasteiger partial charge >= 0.3 is 0 Å². The summed E-state index contributed by atoms with van der Waals surface area (Å²) in [4.78, 5) is 28.4. The van der Waals surface area contributed by atoms with Gasteiger partial charge in [0.25, 0.3) is 0 Å². The lowest BCUT2D eigenvalue weighted by Gasteiger charge is -2.32. The fraction of sp³-hybridized carbons (Fsp3) is 0.364. The van der Waals surface area contributed by atoms with Crippen LogP contribution in [0.2, 0.25) is 0 Å². The molecule has 0 atom stereocenters. The number of fused-ring (bicyclic) bond motifs is 2. The number of anilines is 2. The van der Waals surface area contributed by atoms with Gasteiger partial charge in [0.15, 0.2) is 0 Å². The first-order valence-electron chi connectivity index (χ1n) is 9.86. The van der Waals surface area contributed by atoms with Crippen molar-refractivity contribution in [3.05, 3.63) is 48.5 Å². The van der Waals surface area contributed by atoms with E-state index >= 15 is 0 Å². The Hall–Kier alpha value is -2.47. The third-order valence-corrected chi connectivity index (χ3v) is 5.69. The molecule has 0 bridgehead atoms. The fourth-order valence-electron chi connectivity index (χ4n) is 3.16. The second-order valence-electron chi connectivity index (χ2n) is 6.74. The van der Waals surface area contributed by atoms with E-state index in [1.54, 1.807) is 11.8 Å². The van der Waals surface area contributed by atoms with E-state index in [1.807, 2.05) is 6.92 Å². The summed E-state index contributed by atoms with van der Waals surface area (Å²) >= 11 is 1.80. The molecule has 2 amide bonds. The Kier molecular flexibility index (Phi) is 7.37. The van der Waals surface area contributed by atoms with Crippen LogP contribution in [0.3, 0.4) is 0 Å². The van der Waals surface area contributed by atoms with E-state index in [0.717, 1.165) is 19.4 Å². The second-order valence-corrected chi connectivity index (χ2v) is 7.83. The van der Waals surface area contributed by atoms with Crippen LogP contribution in [-0.2, 0) is 9.59 Å². The van der Waals surface area contributed by atoms with Gasteiger partial charge in [-0.05, 0) is 37.1 Å². The second kappa shape index (κ2) is 10.2. The third kappa shape index (κ3) is 5.29. The first-order chi connectivity index (χ1) is 13.7. The van der Waals surface area contributed by atoms with Crippen LogP contribution in [0.5, 0.6) is 0 Å². The average molecular weight is 398 g/mol. The minimum atomic E-state index is -0.0679. The van der Waals surface area contributed by atoms with E-state index in [9.17, 15) is 9.59 Å². The summed E-state index contributed by atoms with van der Waals surface area (Å²) in [5.74, 6) is -0.127. The predicted octanol–water partition coefficient (Wildman–Crippen LogP) is 4.10. The van der Waals surface area contributed by atoms with Crippen molar-refractivity contribution in [1.82, 2.24) is 10.6 Å². The van der Waals surface area contributed by atoms with Crippen LogP contribution < -0.4 is 15.5 Å². The van der Waals surface area contributed by atoms with Gasteiger partial charge in [0.1, 0.15) is 0 Å².